The van der Waals surface area contributed by atoms with Crippen molar-refractivity contribution in [3.05, 3.63) is 22.2 Å². The van der Waals surface area contributed by atoms with Crippen molar-refractivity contribution in [1.29, 1.82) is 0 Å². The second-order valence-corrected chi connectivity index (χ2v) is 6.28. The third-order valence-corrected chi connectivity index (χ3v) is 4.39. The smallest absolute Gasteiger partial charge is 0.133 e. The molecule has 1 rings (SSSR count). The largest absolute Gasteiger partial charge is 0.496 e. The summed E-state index contributed by atoms with van der Waals surface area (Å²) in [6, 6.07) is 4.36. The van der Waals surface area contributed by atoms with E-state index in [0.717, 1.165) is 28.9 Å². The Balaban J connectivity index is 3.20. The SMILES string of the molecule is CCCNC(c1cc(OC)c(Br)cc1OC)C(C)CCC. The van der Waals surface area contributed by atoms with E-state index in [-0.39, 0.29) is 6.04 Å². The fourth-order valence-corrected chi connectivity index (χ4v) is 3.15. The first-order chi connectivity index (χ1) is 10.1. The van der Waals surface area contributed by atoms with Crippen LogP contribution in [-0.4, -0.2) is 20.8 Å². The van der Waals surface area contributed by atoms with Gasteiger partial charge in [0.2, 0.25) is 0 Å². The summed E-state index contributed by atoms with van der Waals surface area (Å²) in [6.07, 6.45) is 3.48. The van der Waals surface area contributed by atoms with Gasteiger partial charge in [-0.15, -0.1) is 0 Å². The van der Waals surface area contributed by atoms with Crippen molar-refractivity contribution in [3.63, 3.8) is 0 Å². The summed E-state index contributed by atoms with van der Waals surface area (Å²) in [7, 11) is 3.42. The van der Waals surface area contributed by atoms with Gasteiger partial charge < -0.3 is 14.8 Å². The minimum Gasteiger partial charge on any atom is -0.496 e. The quantitative estimate of drug-likeness (QED) is 0.678. The topological polar surface area (TPSA) is 30.5 Å². The molecule has 0 saturated carbocycles. The second-order valence-electron chi connectivity index (χ2n) is 5.43. The van der Waals surface area contributed by atoms with Crippen molar-refractivity contribution in [2.45, 2.75) is 46.1 Å². The van der Waals surface area contributed by atoms with Crippen LogP contribution in [-0.2, 0) is 0 Å². The van der Waals surface area contributed by atoms with Crippen molar-refractivity contribution in [2.75, 3.05) is 20.8 Å². The van der Waals surface area contributed by atoms with Gasteiger partial charge in [-0.05, 0) is 53.4 Å². The number of nitrogens with one attached hydrogen (secondary N) is 1. The molecule has 1 N–H and O–H groups in total. The van der Waals surface area contributed by atoms with E-state index in [9.17, 15) is 0 Å². The van der Waals surface area contributed by atoms with E-state index in [4.69, 9.17) is 9.47 Å². The van der Waals surface area contributed by atoms with Crippen molar-refractivity contribution in [2.24, 2.45) is 5.92 Å². The highest BCUT2D eigenvalue weighted by Gasteiger charge is 2.23. The Morgan fingerprint density at radius 3 is 2.29 bits per heavy atom. The number of methoxy groups -OCH3 is 2. The first-order valence-corrected chi connectivity index (χ1v) is 8.53. The molecule has 0 spiro atoms. The van der Waals surface area contributed by atoms with Crippen LogP contribution in [0.5, 0.6) is 11.5 Å². The van der Waals surface area contributed by atoms with Crippen molar-refractivity contribution in [3.8, 4) is 11.5 Å². The lowest BCUT2D eigenvalue weighted by Crippen LogP contribution is -2.28. The summed E-state index contributed by atoms with van der Waals surface area (Å²) >= 11 is 3.53. The summed E-state index contributed by atoms with van der Waals surface area (Å²) in [4.78, 5) is 0. The van der Waals surface area contributed by atoms with Crippen LogP contribution < -0.4 is 14.8 Å². The molecule has 0 fully saturated rings. The van der Waals surface area contributed by atoms with Crippen molar-refractivity contribution in [1.82, 2.24) is 5.32 Å². The molecule has 1 aromatic rings. The molecule has 120 valence electrons. The molecular formula is C17H28BrNO2. The highest BCUT2D eigenvalue weighted by atomic mass is 79.9. The van der Waals surface area contributed by atoms with E-state index in [1.165, 1.54) is 18.4 Å². The normalized spacial score (nSPS) is 13.8. The van der Waals surface area contributed by atoms with Gasteiger partial charge in [0.05, 0.1) is 18.7 Å². The Labute approximate surface area is 137 Å². The monoisotopic (exact) mass is 357 g/mol. The minimum atomic E-state index is 0.279. The van der Waals surface area contributed by atoms with Crippen LogP contribution in [0.2, 0.25) is 0 Å². The number of ether oxygens (including phenoxy) is 2. The van der Waals surface area contributed by atoms with Crippen molar-refractivity contribution >= 4 is 15.9 Å². The standard InChI is InChI=1S/C17H28BrNO2/c1-6-8-12(3)17(19-9-7-2)13-10-16(21-5)14(18)11-15(13)20-4/h10-12,17,19H,6-9H2,1-5H3. The van der Waals surface area contributed by atoms with Crippen molar-refractivity contribution < 1.29 is 9.47 Å². The van der Waals surface area contributed by atoms with Gasteiger partial charge in [0.15, 0.2) is 0 Å². The molecular weight excluding hydrogens is 330 g/mol. The Morgan fingerprint density at radius 2 is 1.76 bits per heavy atom. The molecule has 0 amide bonds. The summed E-state index contributed by atoms with van der Waals surface area (Å²) < 4.78 is 12.0. The Morgan fingerprint density at radius 1 is 1.10 bits per heavy atom. The molecule has 0 aliphatic carbocycles. The van der Waals surface area contributed by atoms with Gasteiger partial charge in [0, 0.05) is 11.6 Å². The molecule has 2 unspecified atom stereocenters. The molecule has 1 aromatic carbocycles. The molecule has 0 aliphatic heterocycles. The maximum absolute atomic E-state index is 5.59. The Kier molecular flexibility index (Phi) is 8.12. The zero-order valence-corrected chi connectivity index (χ0v) is 15.4. The average Bonchev–Trinajstić information content (AvgIpc) is 2.48. The molecule has 0 heterocycles. The summed E-state index contributed by atoms with van der Waals surface area (Å²) in [5.74, 6) is 2.29. The first-order valence-electron chi connectivity index (χ1n) is 7.73. The van der Waals surface area contributed by atoms with E-state index in [1.807, 2.05) is 6.07 Å². The zero-order chi connectivity index (χ0) is 15.8. The van der Waals surface area contributed by atoms with Gasteiger partial charge in [-0.25, -0.2) is 0 Å². The maximum Gasteiger partial charge on any atom is 0.133 e. The molecule has 2 atom stereocenters. The predicted molar refractivity (Wildman–Crippen MR) is 92.4 cm³/mol. The van der Waals surface area contributed by atoms with Crippen LogP contribution in [0.4, 0.5) is 0 Å². The third kappa shape index (κ3) is 4.89. The van der Waals surface area contributed by atoms with E-state index in [0.29, 0.717) is 5.92 Å². The fourth-order valence-electron chi connectivity index (χ4n) is 2.67. The molecule has 0 radical (unpaired) electrons. The Hall–Kier alpha value is -0.740. The van der Waals surface area contributed by atoms with Crippen LogP contribution in [0.15, 0.2) is 16.6 Å². The number of halogens is 1. The van der Waals surface area contributed by atoms with Gasteiger partial charge in [-0.3, -0.25) is 0 Å². The highest BCUT2D eigenvalue weighted by Crippen LogP contribution is 2.39. The van der Waals surface area contributed by atoms with Gasteiger partial charge in [-0.1, -0.05) is 27.2 Å². The fraction of sp³-hybridized carbons (Fsp3) is 0.647. The molecule has 0 saturated heterocycles. The molecule has 3 nitrogen and oxygen atoms in total. The summed E-state index contributed by atoms with van der Waals surface area (Å²) in [6.45, 7) is 7.71. The lowest BCUT2D eigenvalue weighted by Gasteiger charge is -2.27. The van der Waals surface area contributed by atoms with Crippen LogP contribution in [0.3, 0.4) is 0 Å². The number of hydrogen-bond acceptors (Lipinski definition) is 3. The van der Waals surface area contributed by atoms with E-state index in [1.54, 1.807) is 14.2 Å². The zero-order valence-electron chi connectivity index (χ0n) is 13.8. The maximum atomic E-state index is 5.59. The van der Waals surface area contributed by atoms with E-state index in [2.05, 4.69) is 48.1 Å². The van der Waals surface area contributed by atoms with Crippen LogP contribution in [0, 0.1) is 5.92 Å². The lowest BCUT2D eigenvalue weighted by molar-refractivity contribution is 0.339. The van der Waals surface area contributed by atoms with Gasteiger partial charge in [0.25, 0.3) is 0 Å². The van der Waals surface area contributed by atoms with Gasteiger partial charge >= 0.3 is 0 Å². The first kappa shape index (κ1) is 18.3. The third-order valence-electron chi connectivity index (χ3n) is 3.77. The number of benzene rings is 1. The summed E-state index contributed by atoms with van der Waals surface area (Å²) in [5, 5.41) is 3.66. The molecule has 21 heavy (non-hydrogen) atoms. The number of rotatable bonds is 9. The predicted octanol–water partition coefficient (Wildman–Crippen LogP) is 4.94. The van der Waals surface area contributed by atoms with E-state index < -0.39 is 0 Å². The molecule has 4 heteroatoms. The molecule has 0 bridgehead atoms. The average molecular weight is 358 g/mol. The molecule has 0 aromatic heterocycles. The number of hydrogen-bond donors (Lipinski definition) is 1. The van der Waals surface area contributed by atoms with Gasteiger partial charge in [0.1, 0.15) is 11.5 Å². The van der Waals surface area contributed by atoms with E-state index >= 15 is 0 Å². The molecule has 0 aliphatic rings. The van der Waals surface area contributed by atoms with Crippen LogP contribution >= 0.6 is 15.9 Å². The van der Waals surface area contributed by atoms with Crippen LogP contribution in [0.25, 0.3) is 0 Å². The second kappa shape index (κ2) is 9.31. The van der Waals surface area contributed by atoms with Crippen LogP contribution in [0.1, 0.15) is 51.6 Å². The highest BCUT2D eigenvalue weighted by molar-refractivity contribution is 9.10. The van der Waals surface area contributed by atoms with Gasteiger partial charge in [-0.2, -0.15) is 0 Å². The minimum absolute atomic E-state index is 0.279. The lowest BCUT2D eigenvalue weighted by atomic mass is 9.90. The summed E-state index contributed by atoms with van der Waals surface area (Å²) in [5.41, 5.74) is 1.17. The Bertz CT molecular complexity index is 437.